The number of benzene rings is 1. The van der Waals surface area contributed by atoms with Crippen LogP contribution in [-0.2, 0) is 15.3 Å². The third-order valence-corrected chi connectivity index (χ3v) is 3.53. The van der Waals surface area contributed by atoms with E-state index in [1.807, 2.05) is 0 Å². The van der Waals surface area contributed by atoms with Crippen LogP contribution in [0.3, 0.4) is 0 Å². The van der Waals surface area contributed by atoms with E-state index < -0.39 is 6.04 Å². The molecule has 0 saturated heterocycles. The fourth-order valence-electron chi connectivity index (χ4n) is 1.35. The van der Waals surface area contributed by atoms with E-state index in [9.17, 15) is 4.79 Å². The Morgan fingerprint density at radius 2 is 2.06 bits per heavy atom. The van der Waals surface area contributed by atoms with Crippen LogP contribution >= 0.6 is 11.8 Å². The van der Waals surface area contributed by atoms with Crippen molar-refractivity contribution in [3.63, 3.8) is 0 Å². The molecule has 1 aromatic carbocycles. The standard InChI is InChI=1S/C13H19NO2S/c1-10-3-5-11(6-4-10)9-17-8-7-12(14)13(15)16-2/h3-6,12H,7-9,14H2,1-2H3. The molecule has 0 saturated carbocycles. The van der Waals surface area contributed by atoms with Gasteiger partial charge in [0.1, 0.15) is 6.04 Å². The molecular weight excluding hydrogens is 234 g/mol. The van der Waals surface area contributed by atoms with E-state index in [2.05, 4.69) is 35.9 Å². The van der Waals surface area contributed by atoms with E-state index >= 15 is 0 Å². The van der Waals surface area contributed by atoms with Gasteiger partial charge in [-0.1, -0.05) is 29.8 Å². The smallest absolute Gasteiger partial charge is 0.322 e. The number of carbonyl (C=O) groups excluding carboxylic acids is 1. The zero-order chi connectivity index (χ0) is 12.7. The lowest BCUT2D eigenvalue weighted by molar-refractivity contribution is -0.142. The van der Waals surface area contributed by atoms with Crippen molar-refractivity contribution in [1.82, 2.24) is 0 Å². The number of aryl methyl sites for hydroxylation is 1. The molecule has 17 heavy (non-hydrogen) atoms. The first kappa shape index (κ1) is 14.1. The van der Waals surface area contributed by atoms with Gasteiger partial charge in [-0.2, -0.15) is 11.8 Å². The van der Waals surface area contributed by atoms with Crippen LogP contribution in [0, 0.1) is 6.92 Å². The van der Waals surface area contributed by atoms with Gasteiger partial charge < -0.3 is 10.5 Å². The third-order valence-electron chi connectivity index (χ3n) is 2.47. The topological polar surface area (TPSA) is 52.3 Å². The predicted octanol–water partition coefficient (Wildman–Crippen LogP) is 2.12. The van der Waals surface area contributed by atoms with Crippen LogP contribution in [0.15, 0.2) is 24.3 Å². The molecule has 0 radical (unpaired) electrons. The number of methoxy groups -OCH3 is 1. The fourth-order valence-corrected chi connectivity index (χ4v) is 2.35. The number of esters is 1. The monoisotopic (exact) mass is 253 g/mol. The van der Waals surface area contributed by atoms with Crippen LogP contribution in [-0.4, -0.2) is 24.9 Å². The van der Waals surface area contributed by atoms with Gasteiger partial charge in [0.15, 0.2) is 0 Å². The number of carbonyl (C=O) groups is 1. The molecule has 94 valence electrons. The zero-order valence-corrected chi connectivity index (χ0v) is 11.1. The summed E-state index contributed by atoms with van der Waals surface area (Å²) in [5.41, 5.74) is 8.21. The zero-order valence-electron chi connectivity index (χ0n) is 10.3. The van der Waals surface area contributed by atoms with Gasteiger partial charge in [0.25, 0.3) is 0 Å². The average Bonchev–Trinajstić information content (AvgIpc) is 2.35. The van der Waals surface area contributed by atoms with E-state index in [4.69, 9.17) is 5.73 Å². The van der Waals surface area contributed by atoms with Crippen molar-refractivity contribution in [2.75, 3.05) is 12.9 Å². The lowest BCUT2D eigenvalue weighted by atomic mass is 10.2. The molecule has 0 heterocycles. The molecule has 1 rings (SSSR count). The summed E-state index contributed by atoms with van der Waals surface area (Å²) in [6.07, 6.45) is 0.656. The minimum Gasteiger partial charge on any atom is -0.468 e. The van der Waals surface area contributed by atoms with Crippen LogP contribution < -0.4 is 5.73 Å². The van der Waals surface area contributed by atoms with Crippen molar-refractivity contribution < 1.29 is 9.53 Å². The average molecular weight is 253 g/mol. The Morgan fingerprint density at radius 3 is 2.65 bits per heavy atom. The van der Waals surface area contributed by atoms with Gasteiger partial charge in [-0.05, 0) is 24.7 Å². The summed E-state index contributed by atoms with van der Waals surface area (Å²) in [6, 6.07) is 7.97. The number of ether oxygens (including phenoxy) is 1. The van der Waals surface area contributed by atoms with E-state index in [1.165, 1.54) is 18.2 Å². The Bertz CT molecular complexity index is 351. The first-order valence-electron chi connectivity index (χ1n) is 5.60. The second-order valence-corrected chi connectivity index (χ2v) is 5.06. The van der Waals surface area contributed by atoms with Crippen molar-refractivity contribution in [1.29, 1.82) is 0 Å². The molecule has 2 N–H and O–H groups in total. The summed E-state index contributed by atoms with van der Waals surface area (Å²) < 4.78 is 4.57. The quantitative estimate of drug-likeness (QED) is 0.623. The van der Waals surface area contributed by atoms with Crippen LogP contribution in [0.4, 0.5) is 0 Å². The second-order valence-electron chi connectivity index (χ2n) is 3.96. The summed E-state index contributed by atoms with van der Waals surface area (Å²) in [4.78, 5) is 11.1. The minimum absolute atomic E-state index is 0.332. The lowest BCUT2D eigenvalue weighted by Crippen LogP contribution is -2.31. The first-order valence-corrected chi connectivity index (χ1v) is 6.75. The molecular formula is C13H19NO2S. The molecule has 1 unspecified atom stereocenters. The van der Waals surface area contributed by atoms with Crippen molar-refractivity contribution in [2.24, 2.45) is 5.73 Å². The lowest BCUT2D eigenvalue weighted by Gasteiger charge is -2.08. The van der Waals surface area contributed by atoms with Gasteiger partial charge in [0.2, 0.25) is 0 Å². The minimum atomic E-state index is -0.495. The van der Waals surface area contributed by atoms with Crippen LogP contribution in [0.1, 0.15) is 17.5 Å². The van der Waals surface area contributed by atoms with E-state index in [-0.39, 0.29) is 5.97 Å². The van der Waals surface area contributed by atoms with Crippen molar-refractivity contribution in [3.8, 4) is 0 Å². The van der Waals surface area contributed by atoms with Crippen molar-refractivity contribution >= 4 is 17.7 Å². The molecule has 0 amide bonds. The molecule has 0 aliphatic carbocycles. The number of rotatable bonds is 6. The number of hydrogen-bond acceptors (Lipinski definition) is 4. The van der Waals surface area contributed by atoms with Gasteiger partial charge >= 0.3 is 5.97 Å². The maximum atomic E-state index is 11.1. The van der Waals surface area contributed by atoms with Crippen LogP contribution in [0.5, 0.6) is 0 Å². The highest BCUT2D eigenvalue weighted by atomic mass is 32.2. The maximum Gasteiger partial charge on any atom is 0.322 e. The first-order chi connectivity index (χ1) is 8.13. The predicted molar refractivity (Wildman–Crippen MR) is 71.9 cm³/mol. The summed E-state index contributed by atoms with van der Waals surface area (Å²) in [7, 11) is 1.36. The molecule has 0 fully saturated rings. The summed E-state index contributed by atoms with van der Waals surface area (Å²) in [6.45, 7) is 2.08. The Balaban J connectivity index is 2.20. The molecule has 0 bridgehead atoms. The molecule has 0 spiro atoms. The van der Waals surface area contributed by atoms with Gasteiger partial charge in [0, 0.05) is 5.75 Å². The van der Waals surface area contributed by atoms with Gasteiger partial charge in [-0.3, -0.25) is 4.79 Å². The summed E-state index contributed by atoms with van der Waals surface area (Å²) in [5, 5.41) is 0. The summed E-state index contributed by atoms with van der Waals surface area (Å²) in [5.74, 6) is 1.49. The molecule has 1 aromatic rings. The largest absolute Gasteiger partial charge is 0.468 e. The van der Waals surface area contributed by atoms with Crippen molar-refractivity contribution in [3.05, 3.63) is 35.4 Å². The highest BCUT2D eigenvalue weighted by Crippen LogP contribution is 2.14. The Morgan fingerprint density at radius 1 is 1.41 bits per heavy atom. The van der Waals surface area contributed by atoms with E-state index in [0.717, 1.165) is 11.5 Å². The van der Waals surface area contributed by atoms with Gasteiger partial charge in [0.05, 0.1) is 7.11 Å². The molecule has 3 nitrogen and oxygen atoms in total. The Hall–Kier alpha value is -1.00. The van der Waals surface area contributed by atoms with Crippen LogP contribution in [0.2, 0.25) is 0 Å². The molecule has 4 heteroatoms. The Kier molecular flexibility index (Phi) is 6.08. The second kappa shape index (κ2) is 7.35. The number of hydrogen-bond donors (Lipinski definition) is 1. The molecule has 1 atom stereocenters. The van der Waals surface area contributed by atoms with Gasteiger partial charge in [-0.15, -0.1) is 0 Å². The normalized spacial score (nSPS) is 12.2. The molecule has 0 aromatic heterocycles. The number of nitrogens with two attached hydrogens (primary N) is 1. The fraction of sp³-hybridized carbons (Fsp3) is 0.462. The van der Waals surface area contributed by atoms with E-state index in [1.54, 1.807) is 11.8 Å². The van der Waals surface area contributed by atoms with E-state index in [0.29, 0.717) is 6.42 Å². The Labute approximate surface area is 107 Å². The van der Waals surface area contributed by atoms with Crippen LogP contribution in [0.25, 0.3) is 0 Å². The maximum absolute atomic E-state index is 11.1. The number of thioether (sulfide) groups is 1. The highest BCUT2D eigenvalue weighted by molar-refractivity contribution is 7.98. The van der Waals surface area contributed by atoms with Crippen molar-refractivity contribution in [2.45, 2.75) is 25.1 Å². The highest BCUT2D eigenvalue weighted by Gasteiger charge is 2.12. The molecule has 0 aliphatic heterocycles. The third kappa shape index (κ3) is 5.24. The molecule has 0 aliphatic rings. The van der Waals surface area contributed by atoms with Gasteiger partial charge in [-0.25, -0.2) is 0 Å². The SMILES string of the molecule is COC(=O)C(N)CCSCc1ccc(C)cc1. The summed E-state index contributed by atoms with van der Waals surface area (Å²) >= 11 is 1.78.